The number of anilines is 1. The second-order valence-corrected chi connectivity index (χ2v) is 8.29. The molecule has 0 radical (unpaired) electrons. The van der Waals surface area contributed by atoms with Crippen molar-refractivity contribution in [1.82, 2.24) is 10.9 Å². The Morgan fingerprint density at radius 3 is 2.83 bits per heavy atom. The third-order valence-electron chi connectivity index (χ3n) is 4.36. The van der Waals surface area contributed by atoms with Crippen molar-refractivity contribution < 1.29 is 19.1 Å². The van der Waals surface area contributed by atoms with E-state index < -0.39 is 5.91 Å². The molecule has 1 heterocycles. The van der Waals surface area contributed by atoms with Gasteiger partial charge in [-0.15, -0.1) is 11.8 Å². The van der Waals surface area contributed by atoms with Gasteiger partial charge in [-0.2, -0.15) is 0 Å². The van der Waals surface area contributed by atoms with Crippen molar-refractivity contribution in [3.8, 4) is 5.75 Å². The summed E-state index contributed by atoms with van der Waals surface area (Å²) < 4.78 is 5.65. The lowest BCUT2D eigenvalue weighted by molar-refractivity contribution is -0.122. The molecule has 0 atom stereocenters. The first-order chi connectivity index (χ1) is 14.4. The third kappa shape index (κ3) is 6.14. The Kier molecular flexibility index (Phi) is 7.59. The van der Waals surface area contributed by atoms with Crippen LogP contribution in [-0.4, -0.2) is 30.1 Å². The fourth-order valence-electron chi connectivity index (χ4n) is 2.81. The Morgan fingerprint density at radius 1 is 1.20 bits per heavy atom. The van der Waals surface area contributed by atoms with Gasteiger partial charge in [0.1, 0.15) is 5.75 Å². The summed E-state index contributed by atoms with van der Waals surface area (Å²) in [5.74, 6) is 0.563. The van der Waals surface area contributed by atoms with Crippen molar-refractivity contribution in [1.29, 1.82) is 0 Å². The zero-order valence-electron chi connectivity index (χ0n) is 16.4. The molecule has 1 aliphatic heterocycles. The Hall–Kier alpha value is -2.71. The minimum atomic E-state index is -0.456. The Morgan fingerprint density at radius 2 is 2.03 bits per heavy atom. The monoisotopic (exact) mass is 447 g/mol. The summed E-state index contributed by atoms with van der Waals surface area (Å²) in [7, 11) is 0. The van der Waals surface area contributed by atoms with Crippen molar-refractivity contribution >= 4 is 46.8 Å². The number of ether oxygens (including phenoxy) is 1. The molecule has 3 N–H and O–H groups in total. The first-order valence-electron chi connectivity index (χ1n) is 9.47. The molecule has 0 saturated carbocycles. The van der Waals surface area contributed by atoms with Crippen molar-refractivity contribution in [2.75, 3.05) is 17.7 Å². The van der Waals surface area contributed by atoms with Crippen LogP contribution in [0, 0.1) is 6.92 Å². The second-order valence-electron chi connectivity index (χ2n) is 6.72. The van der Waals surface area contributed by atoms with E-state index in [4.69, 9.17) is 16.3 Å². The zero-order chi connectivity index (χ0) is 21.5. The molecule has 9 heteroatoms. The molecule has 7 nitrogen and oxygen atoms in total. The molecule has 3 amide bonds. The quantitative estimate of drug-likeness (QED) is 0.463. The summed E-state index contributed by atoms with van der Waals surface area (Å²) >= 11 is 7.47. The zero-order valence-corrected chi connectivity index (χ0v) is 18.0. The third-order valence-corrected chi connectivity index (χ3v) is 5.67. The van der Waals surface area contributed by atoms with E-state index in [1.165, 1.54) is 0 Å². The lowest BCUT2D eigenvalue weighted by Crippen LogP contribution is -2.41. The summed E-state index contributed by atoms with van der Waals surface area (Å²) in [6.07, 6.45) is 1.12. The maximum atomic E-state index is 12.3. The number of carbonyl (C=O) groups excluding carboxylic acids is 3. The number of hydrogen-bond acceptors (Lipinski definition) is 5. The molecule has 0 aromatic heterocycles. The van der Waals surface area contributed by atoms with E-state index in [0.29, 0.717) is 41.5 Å². The van der Waals surface area contributed by atoms with Gasteiger partial charge in [0.05, 0.1) is 12.3 Å². The van der Waals surface area contributed by atoms with Gasteiger partial charge in [-0.05, 0) is 55.3 Å². The van der Waals surface area contributed by atoms with Crippen LogP contribution in [0.15, 0.2) is 41.3 Å². The van der Waals surface area contributed by atoms with Crippen molar-refractivity contribution in [3.05, 3.63) is 52.5 Å². The van der Waals surface area contributed by atoms with E-state index in [1.54, 1.807) is 42.1 Å². The molecule has 0 spiro atoms. The molecule has 0 bridgehead atoms. The van der Waals surface area contributed by atoms with Gasteiger partial charge < -0.3 is 10.1 Å². The van der Waals surface area contributed by atoms with Crippen LogP contribution in [0.3, 0.4) is 0 Å². The fraction of sp³-hybridized carbons (Fsp3) is 0.286. The molecular formula is C21H22ClN3O4S. The van der Waals surface area contributed by atoms with E-state index in [-0.39, 0.29) is 18.2 Å². The number of hydrogen-bond donors (Lipinski definition) is 3. The molecule has 3 rings (SSSR count). The van der Waals surface area contributed by atoms with E-state index in [9.17, 15) is 14.4 Å². The molecule has 30 heavy (non-hydrogen) atoms. The van der Waals surface area contributed by atoms with Crippen molar-refractivity contribution in [3.63, 3.8) is 0 Å². The average Bonchev–Trinajstić information content (AvgIpc) is 2.90. The number of hydrazine groups is 1. The van der Waals surface area contributed by atoms with E-state index in [2.05, 4.69) is 16.2 Å². The standard InChI is InChI=1S/C21H22ClN3O4S/c1-13-11-15(22)5-6-17(13)29-9-2-3-20(27)24-25-21(28)14-4-7-18-16(12-14)23-19(26)8-10-30-18/h4-7,11-12H,2-3,8-10H2,1H3,(H,23,26)(H,24,27)(H,25,28). The van der Waals surface area contributed by atoms with E-state index >= 15 is 0 Å². The number of nitrogens with one attached hydrogen (secondary N) is 3. The van der Waals surface area contributed by atoms with Crippen LogP contribution in [0.1, 0.15) is 35.2 Å². The number of fused-ring (bicyclic) bond motifs is 1. The topological polar surface area (TPSA) is 96.5 Å². The Bertz CT molecular complexity index is 967. The van der Waals surface area contributed by atoms with Gasteiger partial charge in [-0.25, -0.2) is 0 Å². The van der Waals surface area contributed by atoms with Crippen LogP contribution in [0.25, 0.3) is 0 Å². The largest absolute Gasteiger partial charge is 0.493 e. The molecule has 0 saturated heterocycles. The van der Waals surface area contributed by atoms with Crippen molar-refractivity contribution in [2.45, 2.75) is 31.1 Å². The van der Waals surface area contributed by atoms with Gasteiger partial charge in [0, 0.05) is 34.1 Å². The lowest BCUT2D eigenvalue weighted by Gasteiger charge is -2.11. The number of thioether (sulfide) groups is 1. The molecule has 0 aliphatic carbocycles. The summed E-state index contributed by atoms with van der Waals surface area (Å²) in [4.78, 5) is 36.9. The van der Waals surface area contributed by atoms with Crippen LogP contribution in [0.5, 0.6) is 5.75 Å². The average molecular weight is 448 g/mol. The Labute approximate surface area is 183 Å². The minimum absolute atomic E-state index is 0.0804. The fourth-order valence-corrected chi connectivity index (χ4v) is 3.98. The molecular weight excluding hydrogens is 426 g/mol. The van der Waals surface area contributed by atoms with Crippen LogP contribution in [-0.2, 0) is 9.59 Å². The van der Waals surface area contributed by atoms with Gasteiger partial charge >= 0.3 is 0 Å². The molecule has 2 aromatic rings. The van der Waals surface area contributed by atoms with Gasteiger partial charge in [-0.3, -0.25) is 25.2 Å². The van der Waals surface area contributed by atoms with Crippen molar-refractivity contribution in [2.24, 2.45) is 0 Å². The number of rotatable bonds is 6. The number of amides is 3. The Balaban J connectivity index is 1.42. The van der Waals surface area contributed by atoms with Crippen LogP contribution >= 0.6 is 23.4 Å². The highest BCUT2D eigenvalue weighted by Gasteiger charge is 2.16. The predicted octanol–water partition coefficient (Wildman–Crippen LogP) is 3.70. The predicted molar refractivity (Wildman–Crippen MR) is 117 cm³/mol. The van der Waals surface area contributed by atoms with Gasteiger partial charge in [0.2, 0.25) is 11.8 Å². The van der Waals surface area contributed by atoms with Crippen LogP contribution < -0.4 is 20.9 Å². The number of benzene rings is 2. The molecule has 1 aliphatic rings. The first-order valence-corrected chi connectivity index (χ1v) is 10.8. The van der Waals surface area contributed by atoms with E-state index in [0.717, 1.165) is 16.2 Å². The van der Waals surface area contributed by atoms with Gasteiger partial charge in [0.15, 0.2) is 0 Å². The molecule has 0 fully saturated rings. The number of carbonyl (C=O) groups is 3. The minimum Gasteiger partial charge on any atom is -0.493 e. The lowest BCUT2D eigenvalue weighted by atomic mass is 10.2. The highest BCUT2D eigenvalue weighted by atomic mass is 35.5. The maximum Gasteiger partial charge on any atom is 0.269 e. The number of aryl methyl sites for hydroxylation is 1. The first kappa shape index (κ1) is 22.0. The maximum absolute atomic E-state index is 12.3. The van der Waals surface area contributed by atoms with Crippen LogP contribution in [0.4, 0.5) is 5.69 Å². The summed E-state index contributed by atoms with van der Waals surface area (Å²) in [6, 6.07) is 10.4. The smallest absolute Gasteiger partial charge is 0.269 e. The number of halogens is 1. The highest BCUT2D eigenvalue weighted by Crippen LogP contribution is 2.31. The summed E-state index contributed by atoms with van der Waals surface area (Å²) in [5.41, 5.74) is 6.67. The molecule has 2 aromatic carbocycles. The highest BCUT2D eigenvalue weighted by molar-refractivity contribution is 7.99. The van der Waals surface area contributed by atoms with Gasteiger partial charge in [-0.1, -0.05) is 11.6 Å². The summed E-state index contributed by atoms with van der Waals surface area (Å²) in [6.45, 7) is 2.27. The SMILES string of the molecule is Cc1cc(Cl)ccc1OCCCC(=O)NNC(=O)c1ccc2c(c1)NC(=O)CCS2. The van der Waals surface area contributed by atoms with Crippen LogP contribution in [0.2, 0.25) is 5.02 Å². The second kappa shape index (κ2) is 10.4. The normalized spacial score (nSPS) is 12.9. The molecule has 0 unspecified atom stereocenters. The summed E-state index contributed by atoms with van der Waals surface area (Å²) in [5, 5.41) is 3.43. The van der Waals surface area contributed by atoms with E-state index in [1.807, 2.05) is 13.0 Å². The molecule has 158 valence electrons. The van der Waals surface area contributed by atoms with Gasteiger partial charge in [0.25, 0.3) is 5.91 Å².